The summed E-state index contributed by atoms with van der Waals surface area (Å²) in [6.07, 6.45) is 8.68. The second-order valence-electron chi connectivity index (χ2n) is 5.90. The number of benzene rings is 1. The highest BCUT2D eigenvalue weighted by Gasteiger charge is 2.24. The van der Waals surface area contributed by atoms with Gasteiger partial charge in [0.25, 0.3) is 0 Å². The Bertz CT molecular complexity index is 869. The Morgan fingerprint density at radius 1 is 1.17 bits per heavy atom. The smallest absolute Gasteiger partial charge is 0.146 e. The third kappa shape index (κ3) is 2.29. The van der Waals surface area contributed by atoms with Gasteiger partial charge in [-0.3, -0.25) is 0 Å². The van der Waals surface area contributed by atoms with Crippen LogP contribution in [0.1, 0.15) is 12.5 Å². The van der Waals surface area contributed by atoms with E-state index in [9.17, 15) is 5.11 Å². The molecule has 2 unspecified atom stereocenters. The van der Waals surface area contributed by atoms with Crippen LogP contribution in [0, 0.1) is 5.92 Å². The van der Waals surface area contributed by atoms with E-state index in [1.807, 2.05) is 18.2 Å². The monoisotopic (exact) mass is 306 g/mol. The second kappa shape index (κ2) is 5.52. The van der Waals surface area contributed by atoms with Gasteiger partial charge in [0.15, 0.2) is 0 Å². The number of nitrogens with zero attached hydrogens (tertiary/aromatic N) is 3. The first-order valence-electron chi connectivity index (χ1n) is 7.73. The van der Waals surface area contributed by atoms with E-state index in [-0.39, 0.29) is 18.6 Å². The number of allylic oxidation sites excluding steroid dienone is 1. The van der Waals surface area contributed by atoms with Crippen LogP contribution in [0.3, 0.4) is 0 Å². The van der Waals surface area contributed by atoms with E-state index in [1.54, 1.807) is 0 Å². The van der Waals surface area contributed by atoms with Crippen molar-refractivity contribution in [3.63, 3.8) is 0 Å². The summed E-state index contributed by atoms with van der Waals surface area (Å²) in [5, 5.41) is 10.3. The van der Waals surface area contributed by atoms with Crippen molar-refractivity contribution in [3.8, 4) is 11.1 Å². The zero-order chi connectivity index (χ0) is 15.8. The van der Waals surface area contributed by atoms with E-state index in [1.165, 1.54) is 6.33 Å². The minimum absolute atomic E-state index is 0.175. The van der Waals surface area contributed by atoms with Crippen LogP contribution in [-0.4, -0.2) is 26.2 Å². The molecule has 0 fully saturated rings. The molecule has 2 atom stereocenters. The fraction of sp³-hybridized carbons (Fsp3) is 0.222. The molecule has 5 nitrogen and oxygen atoms in total. The molecule has 0 spiro atoms. The van der Waals surface area contributed by atoms with E-state index in [0.717, 1.165) is 28.6 Å². The van der Waals surface area contributed by atoms with Crippen molar-refractivity contribution in [1.29, 1.82) is 0 Å². The van der Waals surface area contributed by atoms with E-state index >= 15 is 0 Å². The summed E-state index contributed by atoms with van der Waals surface area (Å²) in [5.41, 5.74) is 9.11. The van der Waals surface area contributed by atoms with Crippen molar-refractivity contribution in [3.05, 3.63) is 55.0 Å². The summed E-state index contributed by atoms with van der Waals surface area (Å²) in [6, 6.07) is 10.3. The molecule has 1 aromatic carbocycles. The van der Waals surface area contributed by atoms with Gasteiger partial charge in [-0.05, 0) is 12.0 Å². The fourth-order valence-corrected chi connectivity index (χ4v) is 3.29. The number of aliphatic hydroxyl groups is 1. The molecule has 0 radical (unpaired) electrons. The lowest BCUT2D eigenvalue weighted by atomic mass is 10.1. The highest BCUT2D eigenvalue weighted by molar-refractivity contribution is 6.00. The molecule has 4 rings (SSSR count). The molecule has 2 heterocycles. The Balaban J connectivity index is 1.90. The van der Waals surface area contributed by atoms with Crippen LogP contribution in [0.2, 0.25) is 0 Å². The minimum atomic E-state index is 0.175. The summed E-state index contributed by atoms with van der Waals surface area (Å²) >= 11 is 0. The van der Waals surface area contributed by atoms with Crippen molar-refractivity contribution in [2.45, 2.75) is 12.5 Å². The number of fused-ring (bicyclic) bond motifs is 1. The molecular formula is C18H18N4O. The number of nitrogen functional groups attached to an aromatic ring is 1. The predicted octanol–water partition coefficient (Wildman–Crippen LogP) is 2.79. The van der Waals surface area contributed by atoms with Gasteiger partial charge < -0.3 is 15.4 Å². The van der Waals surface area contributed by atoms with E-state index < -0.39 is 0 Å². The minimum Gasteiger partial charge on any atom is -0.396 e. The Morgan fingerprint density at radius 2 is 2.00 bits per heavy atom. The van der Waals surface area contributed by atoms with E-state index in [0.29, 0.717) is 5.82 Å². The molecule has 0 bridgehead atoms. The molecular weight excluding hydrogens is 288 g/mol. The number of rotatable bonds is 3. The summed E-state index contributed by atoms with van der Waals surface area (Å²) in [7, 11) is 0. The molecule has 2 aromatic heterocycles. The highest BCUT2D eigenvalue weighted by Crippen LogP contribution is 2.37. The fourth-order valence-electron chi connectivity index (χ4n) is 3.29. The van der Waals surface area contributed by atoms with Crippen LogP contribution in [0.4, 0.5) is 5.82 Å². The third-order valence-electron chi connectivity index (χ3n) is 4.46. The lowest BCUT2D eigenvalue weighted by Crippen LogP contribution is -2.08. The summed E-state index contributed by atoms with van der Waals surface area (Å²) in [4.78, 5) is 8.62. The Labute approximate surface area is 134 Å². The number of nitrogens with two attached hydrogens (primary N) is 1. The van der Waals surface area contributed by atoms with Crippen molar-refractivity contribution in [2.75, 3.05) is 12.3 Å². The van der Waals surface area contributed by atoms with Crippen LogP contribution in [-0.2, 0) is 0 Å². The van der Waals surface area contributed by atoms with Crippen LogP contribution in [0.15, 0.2) is 55.0 Å². The molecule has 116 valence electrons. The average Bonchev–Trinajstić information content (AvgIpc) is 3.20. The van der Waals surface area contributed by atoms with Gasteiger partial charge in [-0.2, -0.15) is 0 Å². The van der Waals surface area contributed by atoms with E-state index in [2.05, 4.69) is 45.0 Å². The van der Waals surface area contributed by atoms with E-state index in [4.69, 9.17) is 5.73 Å². The molecule has 0 aliphatic heterocycles. The maximum Gasteiger partial charge on any atom is 0.146 e. The van der Waals surface area contributed by atoms with Crippen LogP contribution < -0.4 is 5.73 Å². The Kier molecular flexibility index (Phi) is 3.35. The molecule has 1 aliphatic carbocycles. The number of aromatic nitrogens is 3. The standard InChI is InChI=1S/C18H18N4O/c19-17-16-15(13-4-2-1-3-5-13)9-22(18(16)21-11-20-17)14-7-6-12(8-14)10-23/h1-7,9,11-12,14,23H,8,10H2,(H2,19,20,21). The van der Waals surface area contributed by atoms with Crippen molar-refractivity contribution < 1.29 is 5.11 Å². The van der Waals surface area contributed by atoms with Gasteiger partial charge in [-0.15, -0.1) is 0 Å². The molecule has 5 heteroatoms. The quantitative estimate of drug-likeness (QED) is 0.729. The third-order valence-corrected chi connectivity index (χ3v) is 4.46. The zero-order valence-electron chi connectivity index (χ0n) is 12.6. The molecule has 0 amide bonds. The van der Waals surface area contributed by atoms with Gasteiger partial charge in [0, 0.05) is 24.3 Å². The van der Waals surface area contributed by atoms with Gasteiger partial charge in [-0.1, -0.05) is 42.5 Å². The van der Waals surface area contributed by atoms with Crippen molar-refractivity contribution in [1.82, 2.24) is 14.5 Å². The van der Waals surface area contributed by atoms with Crippen molar-refractivity contribution in [2.24, 2.45) is 5.92 Å². The average molecular weight is 306 g/mol. The number of hydrogen-bond donors (Lipinski definition) is 2. The van der Waals surface area contributed by atoms with Crippen LogP contribution >= 0.6 is 0 Å². The first-order valence-corrected chi connectivity index (χ1v) is 7.73. The van der Waals surface area contributed by atoms with Gasteiger partial charge in [0.1, 0.15) is 17.8 Å². The number of aliphatic hydroxyl groups excluding tert-OH is 1. The first-order chi connectivity index (χ1) is 11.3. The largest absolute Gasteiger partial charge is 0.396 e. The lowest BCUT2D eigenvalue weighted by Gasteiger charge is -2.13. The summed E-state index contributed by atoms with van der Waals surface area (Å²) in [6.45, 7) is 0.175. The SMILES string of the molecule is Nc1ncnc2c1c(-c1ccccc1)cn2C1C=CC(CO)C1. The first kappa shape index (κ1) is 14.0. The van der Waals surface area contributed by atoms with Crippen LogP contribution in [0.25, 0.3) is 22.2 Å². The van der Waals surface area contributed by atoms with Crippen LogP contribution in [0.5, 0.6) is 0 Å². The van der Waals surface area contributed by atoms with Gasteiger partial charge in [-0.25, -0.2) is 9.97 Å². The Morgan fingerprint density at radius 3 is 2.74 bits per heavy atom. The highest BCUT2D eigenvalue weighted by atomic mass is 16.3. The second-order valence-corrected chi connectivity index (χ2v) is 5.90. The molecule has 23 heavy (non-hydrogen) atoms. The normalized spacial score (nSPS) is 20.4. The maximum absolute atomic E-state index is 9.37. The lowest BCUT2D eigenvalue weighted by molar-refractivity contribution is 0.244. The number of hydrogen-bond acceptors (Lipinski definition) is 4. The zero-order valence-corrected chi connectivity index (χ0v) is 12.6. The summed E-state index contributed by atoms with van der Waals surface area (Å²) < 4.78 is 2.14. The molecule has 0 saturated heterocycles. The van der Waals surface area contributed by atoms with Gasteiger partial charge in [0.05, 0.1) is 11.4 Å². The van der Waals surface area contributed by atoms with Gasteiger partial charge >= 0.3 is 0 Å². The topological polar surface area (TPSA) is 77.0 Å². The van der Waals surface area contributed by atoms with Crippen molar-refractivity contribution >= 4 is 16.9 Å². The molecule has 3 aromatic rings. The maximum atomic E-state index is 9.37. The predicted molar refractivity (Wildman–Crippen MR) is 90.7 cm³/mol. The molecule has 0 saturated carbocycles. The molecule has 1 aliphatic rings. The molecule has 3 N–H and O–H groups in total. The Hall–Kier alpha value is -2.66. The summed E-state index contributed by atoms with van der Waals surface area (Å²) in [5.74, 6) is 0.699. The van der Waals surface area contributed by atoms with Gasteiger partial charge in [0.2, 0.25) is 0 Å². The number of anilines is 1.